The van der Waals surface area contributed by atoms with Crippen molar-refractivity contribution >= 4 is 46.6 Å². The summed E-state index contributed by atoms with van der Waals surface area (Å²) in [7, 11) is 3.23. The van der Waals surface area contributed by atoms with E-state index in [-0.39, 0.29) is 22.9 Å². The smallest absolute Gasteiger partial charge is 0.254 e. The molecule has 0 saturated heterocycles. The topological polar surface area (TPSA) is 78.5 Å². The Morgan fingerprint density at radius 1 is 0.909 bits per heavy atom. The molecule has 0 spiro atoms. The Bertz CT molecular complexity index is 1150. The molecule has 0 aliphatic carbocycles. The van der Waals surface area contributed by atoms with Gasteiger partial charge >= 0.3 is 0 Å². The number of carbonyl (C=O) groups is 3. The second kappa shape index (κ2) is 11.0. The van der Waals surface area contributed by atoms with E-state index in [0.29, 0.717) is 16.3 Å². The monoisotopic (exact) mass is 483 g/mol. The number of amides is 3. The van der Waals surface area contributed by atoms with Gasteiger partial charge in [-0.2, -0.15) is 0 Å². The van der Waals surface area contributed by atoms with Gasteiger partial charge in [0.2, 0.25) is 5.91 Å². The third kappa shape index (κ3) is 6.57. The predicted octanol–water partition coefficient (Wildman–Crippen LogP) is 4.68. The van der Waals surface area contributed by atoms with E-state index in [2.05, 4.69) is 10.6 Å². The minimum Gasteiger partial charge on any atom is -0.345 e. The lowest BCUT2D eigenvalue weighted by molar-refractivity contribution is -0.118. The molecule has 33 heavy (non-hydrogen) atoms. The third-order valence-corrected chi connectivity index (χ3v) is 5.46. The Kier molecular flexibility index (Phi) is 8.09. The molecule has 0 aliphatic heterocycles. The van der Waals surface area contributed by atoms with E-state index in [1.165, 1.54) is 11.0 Å². The Morgan fingerprint density at radius 2 is 1.58 bits per heavy atom. The molecule has 3 aromatic rings. The fourth-order valence-electron chi connectivity index (χ4n) is 3.14. The van der Waals surface area contributed by atoms with Crippen molar-refractivity contribution in [3.05, 3.63) is 99.5 Å². The Labute approximate surface area is 202 Å². The molecule has 0 aliphatic rings. The van der Waals surface area contributed by atoms with Crippen LogP contribution in [0.4, 0.5) is 5.69 Å². The quantitative estimate of drug-likeness (QED) is 0.512. The van der Waals surface area contributed by atoms with Crippen LogP contribution in [0.5, 0.6) is 0 Å². The maximum absolute atomic E-state index is 13.2. The first-order valence-electron chi connectivity index (χ1n) is 10.2. The summed E-state index contributed by atoms with van der Waals surface area (Å²) in [5.41, 5.74) is 1.93. The van der Waals surface area contributed by atoms with Crippen molar-refractivity contribution in [1.29, 1.82) is 0 Å². The van der Waals surface area contributed by atoms with E-state index in [4.69, 9.17) is 23.2 Å². The lowest BCUT2D eigenvalue weighted by Gasteiger charge is -2.19. The van der Waals surface area contributed by atoms with Crippen LogP contribution in [0.3, 0.4) is 0 Å². The first-order chi connectivity index (χ1) is 15.7. The second-order valence-electron chi connectivity index (χ2n) is 7.61. The summed E-state index contributed by atoms with van der Waals surface area (Å²) in [6.45, 7) is 0. The van der Waals surface area contributed by atoms with Crippen molar-refractivity contribution in [1.82, 2.24) is 10.2 Å². The van der Waals surface area contributed by atoms with Gasteiger partial charge in [0.15, 0.2) is 0 Å². The summed E-state index contributed by atoms with van der Waals surface area (Å²) in [5.74, 6) is -1.11. The van der Waals surface area contributed by atoms with Crippen LogP contribution in [0.15, 0.2) is 72.8 Å². The Morgan fingerprint density at radius 3 is 2.21 bits per heavy atom. The summed E-state index contributed by atoms with van der Waals surface area (Å²) >= 11 is 12.1. The van der Waals surface area contributed by atoms with E-state index in [1.54, 1.807) is 50.5 Å². The van der Waals surface area contributed by atoms with Crippen LogP contribution in [-0.2, 0) is 11.2 Å². The number of rotatable bonds is 7. The van der Waals surface area contributed by atoms with Crippen molar-refractivity contribution < 1.29 is 14.4 Å². The van der Waals surface area contributed by atoms with Crippen molar-refractivity contribution in [2.45, 2.75) is 12.5 Å². The lowest BCUT2D eigenvalue weighted by atomic mass is 10.0. The summed E-state index contributed by atoms with van der Waals surface area (Å²) < 4.78 is 0. The van der Waals surface area contributed by atoms with Crippen molar-refractivity contribution in [3.8, 4) is 0 Å². The van der Waals surface area contributed by atoms with Gasteiger partial charge in [0.1, 0.15) is 6.04 Å². The normalized spacial score (nSPS) is 11.4. The van der Waals surface area contributed by atoms with Crippen LogP contribution in [-0.4, -0.2) is 42.8 Å². The molecule has 0 fully saturated rings. The van der Waals surface area contributed by atoms with Crippen LogP contribution in [0.1, 0.15) is 26.3 Å². The molecule has 1 unspecified atom stereocenters. The predicted molar refractivity (Wildman–Crippen MR) is 131 cm³/mol. The highest BCUT2D eigenvalue weighted by molar-refractivity contribution is 6.34. The maximum Gasteiger partial charge on any atom is 0.254 e. The number of hydrogen-bond acceptors (Lipinski definition) is 3. The van der Waals surface area contributed by atoms with E-state index in [1.807, 2.05) is 30.3 Å². The average Bonchev–Trinajstić information content (AvgIpc) is 2.80. The van der Waals surface area contributed by atoms with Crippen LogP contribution in [0, 0.1) is 0 Å². The molecule has 0 radical (unpaired) electrons. The number of nitrogens with one attached hydrogen (secondary N) is 2. The summed E-state index contributed by atoms with van der Waals surface area (Å²) in [5, 5.41) is 6.37. The number of anilines is 1. The minimum absolute atomic E-state index is 0.268. The van der Waals surface area contributed by atoms with Crippen LogP contribution in [0.25, 0.3) is 0 Å². The molecule has 6 nitrogen and oxygen atoms in total. The molecular weight excluding hydrogens is 461 g/mol. The van der Waals surface area contributed by atoms with E-state index in [0.717, 1.165) is 5.56 Å². The second-order valence-corrected chi connectivity index (χ2v) is 8.45. The zero-order valence-electron chi connectivity index (χ0n) is 18.1. The van der Waals surface area contributed by atoms with Gasteiger partial charge in [-0.3, -0.25) is 14.4 Å². The van der Waals surface area contributed by atoms with Crippen LogP contribution in [0.2, 0.25) is 10.0 Å². The largest absolute Gasteiger partial charge is 0.345 e. The molecule has 0 aromatic heterocycles. The number of carbonyl (C=O) groups excluding carboxylic acids is 3. The fraction of sp³-hybridized carbons (Fsp3) is 0.160. The standard InChI is InChI=1S/C25H23Cl2N3O3/c1-30(2)25(33)20-15-19(12-13-21(20)27)28-24(32)22(14-16-6-4-3-5-7-16)29-23(31)17-8-10-18(26)11-9-17/h3-13,15,22H,14H2,1-2H3,(H,28,32)(H,29,31). The number of hydrogen-bond donors (Lipinski definition) is 2. The number of nitrogens with zero attached hydrogens (tertiary/aromatic N) is 1. The van der Waals surface area contributed by atoms with Gasteiger partial charge in [0.25, 0.3) is 11.8 Å². The highest BCUT2D eigenvalue weighted by Gasteiger charge is 2.23. The SMILES string of the molecule is CN(C)C(=O)c1cc(NC(=O)C(Cc2ccccc2)NC(=O)c2ccc(Cl)cc2)ccc1Cl. The van der Waals surface area contributed by atoms with Gasteiger partial charge < -0.3 is 15.5 Å². The molecular formula is C25H23Cl2N3O3. The Hall–Kier alpha value is -3.35. The molecule has 3 amide bonds. The molecule has 0 heterocycles. The highest BCUT2D eigenvalue weighted by atomic mass is 35.5. The van der Waals surface area contributed by atoms with Gasteiger partial charge in [-0.15, -0.1) is 0 Å². The molecule has 8 heteroatoms. The van der Waals surface area contributed by atoms with Crippen LogP contribution < -0.4 is 10.6 Å². The number of halogens is 2. The summed E-state index contributed by atoms with van der Waals surface area (Å²) in [6.07, 6.45) is 0.281. The first kappa shape index (κ1) is 24.3. The third-order valence-electron chi connectivity index (χ3n) is 4.88. The zero-order chi connectivity index (χ0) is 24.0. The van der Waals surface area contributed by atoms with E-state index in [9.17, 15) is 14.4 Å². The fourth-order valence-corrected chi connectivity index (χ4v) is 3.46. The average molecular weight is 484 g/mol. The van der Waals surface area contributed by atoms with Gasteiger partial charge in [-0.05, 0) is 48.0 Å². The molecule has 1 atom stereocenters. The summed E-state index contributed by atoms with van der Waals surface area (Å²) in [6, 6.07) is 19.6. The molecule has 3 aromatic carbocycles. The number of benzene rings is 3. The van der Waals surface area contributed by atoms with Gasteiger partial charge in [-0.1, -0.05) is 53.5 Å². The molecule has 0 saturated carbocycles. The molecule has 3 rings (SSSR count). The lowest BCUT2D eigenvalue weighted by Crippen LogP contribution is -2.45. The van der Waals surface area contributed by atoms with Crippen molar-refractivity contribution in [2.24, 2.45) is 0 Å². The van der Waals surface area contributed by atoms with Gasteiger partial charge in [-0.25, -0.2) is 0 Å². The molecule has 0 bridgehead atoms. The highest BCUT2D eigenvalue weighted by Crippen LogP contribution is 2.22. The van der Waals surface area contributed by atoms with E-state index >= 15 is 0 Å². The minimum atomic E-state index is -0.862. The van der Waals surface area contributed by atoms with Gasteiger partial charge in [0, 0.05) is 36.8 Å². The summed E-state index contributed by atoms with van der Waals surface area (Å²) in [4.78, 5) is 39.7. The van der Waals surface area contributed by atoms with Crippen molar-refractivity contribution in [3.63, 3.8) is 0 Å². The van der Waals surface area contributed by atoms with Crippen molar-refractivity contribution in [2.75, 3.05) is 19.4 Å². The van der Waals surface area contributed by atoms with Crippen LogP contribution >= 0.6 is 23.2 Å². The Balaban J connectivity index is 1.83. The van der Waals surface area contributed by atoms with E-state index < -0.39 is 17.9 Å². The van der Waals surface area contributed by atoms with Gasteiger partial charge in [0.05, 0.1) is 10.6 Å². The maximum atomic E-state index is 13.2. The first-order valence-corrected chi connectivity index (χ1v) is 10.9. The molecule has 170 valence electrons. The zero-order valence-corrected chi connectivity index (χ0v) is 19.7. The molecule has 2 N–H and O–H groups in total.